The zero-order valence-corrected chi connectivity index (χ0v) is 9.56. The Bertz CT molecular complexity index is 389. The number of hydrogen-bond acceptors (Lipinski definition) is 4. The predicted molar refractivity (Wildman–Crippen MR) is 63.3 cm³/mol. The summed E-state index contributed by atoms with van der Waals surface area (Å²) in [6, 6.07) is 3.31. The maximum Gasteiger partial charge on any atom is 0.354 e. The molecule has 1 saturated heterocycles. The third-order valence-corrected chi connectivity index (χ3v) is 2.80. The zero-order valence-electron chi connectivity index (χ0n) is 9.56. The number of carbonyl (C=O) groups is 1. The van der Waals surface area contributed by atoms with Crippen molar-refractivity contribution < 1.29 is 14.6 Å². The average Bonchev–Trinajstić information content (AvgIpc) is 2.82. The van der Waals surface area contributed by atoms with Gasteiger partial charge in [0, 0.05) is 25.0 Å². The largest absolute Gasteiger partial charge is 0.477 e. The van der Waals surface area contributed by atoms with E-state index in [0.717, 1.165) is 38.1 Å². The van der Waals surface area contributed by atoms with Gasteiger partial charge in [0.1, 0.15) is 5.69 Å². The van der Waals surface area contributed by atoms with Crippen LogP contribution in [0.1, 0.15) is 29.8 Å². The molecule has 1 aliphatic heterocycles. The first-order chi connectivity index (χ1) is 8.25. The molecule has 1 unspecified atom stereocenters. The second-order valence-corrected chi connectivity index (χ2v) is 4.09. The monoisotopic (exact) mass is 236 g/mol. The van der Waals surface area contributed by atoms with Gasteiger partial charge in [0.25, 0.3) is 0 Å². The van der Waals surface area contributed by atoms with Crippen LogP contribution in [0.4, 0.5) is 5.69 Å². The number of nitrogens with zero attached hydrogens (tertiary/aromatic N) is 1. The van der Waals surface area contributed by atoms with E-state index >= 15 is 0 Å². The van der Waals surface area contributed by atoms with Gasteiger partial charge in [-0.1, -0.05) is 0 Å². The molecule has 92 valence electrons. The molecule has 1 atom stereocenters. The smallest absolute Gasteiger partial charge is 0.354 e. The van der Waals surface area contributed by atoms with E-state index in [4.69, 9.17) is 9.84 Å². The van der Waals surface area contributed by atoms with Crippen molar-refractivity contribution in [2.24, 2.45) is 0 Å². The van der Waals surface area contributed by atoms with Crippen molar-refractivity contribution in [1.82, 2.24) is 4.98 Å². The minimum absolute atomic E-state index is 0.0621. The first-order valence-electron chi connectivity index (χ1n) is 5.80. The van der Waals surface area contributed by atoms with Crippen LogP contribution in [-0.2, 0) is 4.74 Å². The number of rotatable bonds is 5. The van der Waals surface area contributed by atoms with Crippen molar-refractivity contribution in [1.29, 1.82) is 0 Å². The van der Waals surface area contributed by atoms with Crippen molar-refractivity contribution in [2.45, 2.75) is 25.4 Å². The van der Waals surface area contributed by atoms with Gasteiger partial charge >= 0.3 is 5.97 Å². The molecule has 0 spiro atoms. The molecule has 2 heterocycles. The van der Waals surface area contributed by atoms with Gasteiger partial charge in [-0.25, -0.2) is 9.78 Å². The molecule has 1 fully saturated rings. The number of carboxylic acids is 1. The zero-order chi connectivity index (χ0) is 12.1. The number of aromatic nitrogens is 1. The third-order valence-electron chi connectivity index (χ3n) is 2.80. The van der Waals surface area contributed by atoms with Gasteiger partial charge in [-0.2, -0.15) is 0 Å². The van der Waals surface area contributed by atoms with Crippen LogP contribution in [0, 0.1) is 0 Å². The number of aromatic carboxylic acids is 1. The standard InChI is InChI=1S/C12H16N2O3/c15-12(16)11-8-9(3-5-14-11)13-6-4-10-2-1-7-17-10/h3,5,8,10H,1-2,4,6-7H2,(H,13,14)(H,15,16). The van der Waals surface area contributed by atoms with Crippen molar-refractivity contribution in [3.8, 4) is 0 Å². The van der Waals surface area contributed by atoms with Crippen LogP contribution >= 0.6 is 0 Å². The van der Waals surface area contributed by atoms with Gasteiger partial charge in [-0.15, -0.1) is 0 Å². The van der Waals surface area contributed by atoms with Crippen LogP contribution in [0.5, 0.6) is 0 Å². The number of hydrogen-bond donors (Lipinski definition) is 2. The van der Waals surface area contributed by atoms with E-state index in [2.05, 4.69) is 10.3 Å². The Kier molecular flexibility index (Phi) is 3.93. The molecule has 0 saturated carbocycles. The lowest BCUT2D eigenvalue weighted by Crippen LogP contribution is -2.12. The molecular weight excluding hydrogens is 220 g/mol. The Morgan fingerprint density at radius 1 is 1.65 bits per heavy atom. The lowest BCUT2D eigenvalue weighted by Gasteiger charge is -2.10. The summed E-state index contributed by atoms with van der Waals surface area (Å²) in [7, 11) is 0. The minimum atomic E-state index is -1.01. The first kappa shape index (κ1) is 11.9. The molecule has 1 aliphatic rings. The fourth-order valence-corrected chi connectivity index (χ4v) is 1.91. The first-order valence-corrected chi connectivity index (χ1v) is 5.80. The Labute approximate surface area is 99.8 Å². The summed E-state index contributed by atoms with van der Waals surface area (Å²) >= 11 is 0. The molecule has 0 aromatic carbocycles. The van der Waals surface area contributed by atoms with Gasteiger partial charge in [-0.05, 0) is 31.4 Å². The highest BCUT2D eigenvalue weighted by Crippen LogP contribution is 2.15. The minimum Gasteiger partial charge on any atom is -0.477 e. The van der Waals surface area contributed by atoms with Crippen LogP contribution in [0.25, 0.3) is 0 Å². The van der Waals surface area contributed by atoms with Crippen LogP contribution in [0.15, 0.2) is 18.3 Å². The number of pyridine rings is 1. The lowest BCUT2D eigenvalue weighted by atomic mass is 10.2. The van der Waals surface area contributed by atoms with Crippen LogP contribution in [-0.4, -0.2) is 35.3 Å². The molecule has 0 aliphatic carbocycles. The van der Waals surface area contributed by atoms with Crippen molar-refractivity contribution in [3.05, 3.63) is 24.0 Å². The number of nitrogens with one attached hydrogen (secondary N) is 1. The van der Waals surface area contributed by atoms with E-state index < -0.39 is 5.97 Å². The normalized spacial score (nSPS) is 19.2. The molecule has 0 bridgehead atoms. The molecule has 1 aromatic rings. The van der Waals surface area contributed by atoms with E-state index in [9.17, 15) is 4.79 Å². The summed E-state index contributed by atoms with van der Waals surface area (Å²) in [5, 5.41) is 12.0. The topological polar surface area (TPSA) is 71.5 Å². The summed E-state index contributed by atoms with van der Waals surface area (Å²) < 4.78 is 5.51. The van der Waals surface area contributed by atoms with E-state index in [0.29, 0.717) is 6.10 Å². The Morgan fingerprint density at radius 2 is 2.53 bits per heavy atom. The second-order valence-electron chi connectivity index (χ2n) is 4.09. The van der Waals surface area contributed by atoms with Gasteiger partial charge in [0.2, 0.25) is 0 Å². The van der Waals surface area contributed by atoms with E-state index in [1.165, 1.54) is 12.3 Å². The van der Waals surface area contributed by atoms with Gasteiger partial charge < -0.3 is 15.2 Å². The van der Waals surface area contributed by atoms with E-state index in [-0.39, 0.29) is 5.69 Å². The Hall–Kier alpha value is -1.62. The molecule has 17 heavy (non-hydrogen) atoms. The summed E-state index contributed by atoms with van der Waals surface area (Å²) in [4.78, 5) is 14.5. The lowest BCUT2D eigenvalue weighted by molar-refractivity contribution is 0.0690. The summed E-state index contributed by atoms with van der Waals surface area (Å²) in [6.07, 6.45) is 5.06. The maximum atomic E-state index is 10.7. The van der Waals surface area contributed by atoms with Crippen LogP contribution in [0.2, 0.25) is 0 Å². The molecule has 5 nitrogen and oxygen atoms in total. The van der Waals surface area contributed by atoms with E-state index in [1.807, 2.05) is 0 Å². The number of ether oxygens (including phenoxy) is 1. The number of carboxylic acid groups (broad SMARTS) is 1. The summed E-state index contributed by atoms with van der Waals surface area (Å²) in [5.74, 6) is -1.01. The van der Waals surface area contributed by atoms with Gasteiger partial charge in [0.05, 0.1) is 6.10 Å². The Balaban J connectivity index is 1.81. The van der Waals surface area contributed by atoms with E-state index in [1.54, 1.807) is 6.07 Å². The Morgan fingerprint density at radius 3 is 3.24 bits per heavy atom. The van der Waals surface area contributed by atoms with Crippen molar-refractivity contribution in [2.75, 3.05) is 18.5 Å². The molecular formula is C12H16N2O3. The molecule has 1 aromatic heterocycles. The number of anilines is 1. The highest BCUT2D eigenvalue weighted by atomic mass is 16.5. The fourth-order valence-electron chi connectivity index (χ4n) is 1.91. The molecule has 0 radical (unpaired) electrons. The SMILES string of the molecule is O=C(O)c1cc(NCCC2CCCO2)ccn1. The van der Waals surface area contributed by atoms with Crippen LogP contribution < -0.4 is 5.32 Å². The van der Waals surface area contributed by atoms with Crippen molar-refractivity contribution in [3.63, 3.8) is 0 Å². The van der Waals surface area contributed by atoms with Crippen LogP contribution in [0.3, 0.4) is 0 Å². The highest BCUT2D eigenvalue weighted by molar-refractivity contribution is 5.86. The highest BCUT2D eigenvalue weighted by Gasteiger charge is 2.14. The molecule has 2 rings (SSSR count). The second kappa shape index (κ2) is 5.63. The van der Waals surface area contributed by atoms with Crippen molar-refractivity contribution >= 4 is 11.7 Å². The summed E-state index contributed by atoms with van der Waals surface area (Å²) in [5.41, 5.74) is 0.850. The average molecular weight is 236 g/mol. The fraction of sp³-hybridized carbons (Fsp3) is 0.500. The maximum absolute atomic E-state index is 10.7. The predicted octanol–water partition coefficient (Wildman–Crippen LogP) is 1.76. The quantitative estimate of drug-likeness (QED) is 0.815. The summed E-state index contributed by atoms with van der Waals surface area (Å²) in [6.45, 7) is 1.65. The molecule has 5 heteroatoms. The molecule has 2 N–H and O–H groups in total. The van der Waals surface area contributed by atoms with Gasteiger partial charge in [-0.3, -0.25) is 0 Å². The molecule has 0 amide bonds. The van der Waals surface area contributed by atoms with Gasteiger partial charge in [0.15, 0.2) is 0 Å². The third kappa shape index (κ3) is 3.42.